The topological polar surface area (TPSA) is 38.9 Å². The first-order valence-electron chi connectivity index (χ1n) is 8.41. The smallest absolute Gasteiger partial charge is 0.145 e. The minimum absolute atomic E-state index is 0.140. The lowest BCUT2D eigenvalue weighted by atomic mass is 9.86. The molecule has 0 saturated heterocycles. The minimum atomic E-state index is 0.140. The zero-order valence-electron chi connectivity index (χ0n) is 14.7. The molecular formula is C22H20N2O. The molecule has 0 aliphatic carbocycles. The first-order valence-corrected chi connectivity index (χ1v) is 8.41. The molecular weight excluding hydrogens is 308 g/mol. The predicted molar refractivity (Wildman–Crippen MR) is 101 cm³/mol. The van der Waals surface area contributed by atoms with Gasteiger partial charge in [0.1, 0.15) is 11.3 Å². The lowest BCUT2D eigenvalue weighted by Gasteiger charge is -2.19. The van der Waals surface area contributed by atoms with Crippen molar-refractivity contribution in [2.45, 2.75) is 26.2 Å². The summed E-state index contributed by atoms with van der Waals surface area (Å²) < 4.78 is 6.16. The van der Waals surface area contributed by atoms with E-state index in [2.05, 4.69) is 55.0 Å². The first-order chi connectivity index (χ1) is 12.0. The molecule has 1 aromatic carbocycles. The molecule has 0 saturated carbocycles. The van der Waals surface area contributed by atoms with Crippen molar-refractivity contribution in [3.8, 4) is 22.5 Å². The summed E-state index contributed by atoms with van der Waals surface area (Å²) in [4.78, 5) is 8.56. The van der Waals surface area contributed by atoms with E-state index >= 15 is 0 Å². The van der Waals surface area contributed by atoms with E-state index in [4.69, 9.17) is 4.42 Å². The summed E-state index contributed by atoms with van der Waals surface area (Å²) in [5.74, 6) is 0.809. The molecule has 4 aromatic rings. The standard InChI is InChI=1S/C22H20N2O/c1-22(2,3)18-8-6-15(7-9-18)19-14-24-13-17-11-20(25-21(17)19)16-5-4-10-23-12-16/h4-14H,1-3H3. The number of hydrogen-bond acceptors (Lipinski definition) is 3. The Balaban J connectivity index is 1.81. The van der Waals surface area contributed by atoms with Gasteiger partial charge in [0.2, 0.25) is 0 Å². The van der Waals surface area contributed by atoms with Gasteiger partial charge in [-0.1, -0.05) is 45.0 Å². The Morgan fingerprint density at radius 3 is 2.32 bits per heavy atom. The van der Waals surface area contributed by atoms with Gasteiger partial charge >= 0.3 is 0 Å². The van der Waals surface area contributed by atoms with E-state index in [9.17, 15) is 0 Å². The quantitative estimate of drug-likeness (QED) is 0.463. The van der Waals surface area contributed by atoms with E-state index < -0.39 is 0 Å². The normalized spacial score (nSPS) is 11.8. The summed E-state index contributed by atoms with van der Waals surface area (Å²) in [6.07, 6.45) is 7.27. The second-order valence-electron chi connectivity index (χ2n) is 7.29. The third-order valence-electron chi connectivity index (χ3n) is 4.43. The lowest BCUT2D eigenvalue weighted by molar-refractivity contribution is 0.590. The maximum atomic E-state index is 6.16. The molecule has 3 heterocycles. The highest BCUT2D eigenvalue weighted by Crippen LogP contribution is 2.34. The highest BCUT2D eigenvalue weighted by molar-refractivity contribution is 5.93. The van der Waals surface area contributed by atoms with Crippen LogP contribution in [-0.2, 0) is 5.41 Å². The van der Waals surface area contributed by atoms with Gasteiger partial charge < -0.3 is 4.42 Å². The number of pyridine rings is 2. The number of fused-ring (bicyclic) bond motifs is 1. The zero-order chi connectivity index (χ0) is 17.4. The van der Waals surface area contributed by atoms with E-state index in [0.29, 0.717) is 0 Å². The van der Waals surface area contributed by atoms with Gasteiger partial charge in [0.05, 0.1) is 0 Å². The van der Waals surface area contributed by atoms with Crippen LogP contribution in [0.2, 0.25) is 0 Å². The van der Waals surface area contributed by atoms with Crippen LogP contribution in [0.1, 0.15) is 26.3 Å². The summed E-state index contributed by atoms with van der Waals surface area (Å²) in [6.45, 7) is 6.66. The Morgan fingerprint density at radius 2 is 1.64 bits per heavy atom. The second kappa shape index (κ2) is 5.85. The average Bonchev–Trinajstić information content (AvgIpc) is 3.06. The number of aromatic nitrogens is 2. The van der Waals surface area contributed by atoms with Crippen molar-refractivity contribution >= 4 is 11.0 Å². The van der Waals surface area contributed by atoms with Crippen LogP contribution in [0.25, 0.3) is 33.4 Å². The second-order valence-corrected chi connectivity index (χ2v) is 7.29. The number of furan rings is 1. The van der Waals surface area contributed by atoms with Crippen LogP contribution >= 0.6 is 0 Å². The largest absolute Gasteiger partial charge is 0.455 e. The van der Waals surface area contributed by atoms with Gasteiger partial charge in [0, 0.05) is 41.3 Å². The van der Waals surface area contributed by atoms with Crippen LogP contribution < -0.4 is 0 Å². The van der Waals surface area contributed by atoms with Gasteiger partial charge in [-0.3, -0.25) is 9.97 Å². The Labute approximate surface area is 147 Å². The monoisotopic (exact) mass is 328 g/mol. The molecule has 0 fully saturated rings. The molecule has 0 aliphatic heterocycles. The fourth-order valence-electron chi connectivity index (χ4n) is 2.97. The summed E-state index contributed by atoms with van der Waals surface area (Å²) in [6, 6.07) is 14.6. The summed E-state index contributed by atoms with van der Waals surface area (Å²) >= 11 is 0. The van der Waals surface area contributed by atoms with Crippen molar-refractivity contribution in [3.05, 3.63) is 72.8 Å². The van der Waals surface area contributed by atoms with Gasteiger partial charge in [0.15, 0.2) is 0 Å². The molecule has 3 aromatic heterocycles. The number of hydrogen-bond donors (Lipinski definition) is 0. The lowest BCUT2D eigenvalue weighted by Crippen LogP contribution is -2.10. The molecule has 0 N–H and O–H groups in total. The van der Waals surface area contributed by atoms with Crippen LogP contribution in [0, 0.1) is 0 Å². The van der Waals surface area contributed by atoms with Gasteiger partial charge in [-0.15, -0.1) is 0 Å². The van der Waals surface area contributed by atoms with Gasteiger partial charge in [-0.05, 0) is 34.7 Å². The van der Waals surface area contributed by atoms with Crippen LogP contribution in [-0.4, -0.2) is 9.97 Å². The van der Waals surface area contributed by atoms with Crippen molar-refractivity contribution in [1.29, 1.82) is 0 Å². The van der Waals surface area contributed by atoms with Crippen molar-refractivity contribution in [3.63, 3.8) is 0 Å². The molecule has 0 amide bonds. The third kappa shape index (κ3) is 2.93. The maximum absolute atomic E-state index is 6.16. The molecule has 0 unspecified atom stereocenters. The number of benzene rings is 1. The van der Waals surface area contributed by atoms with Crippen LogP contribution in [0.3, 0.4) is 0 Å². The summed E-state index contributed by atoms with van der Waals surface area (Å²) in [5.41, 5.74) is 5.39. The maximum Gasteiger partial charge on any atom is 0.145 e. The predicted octanol–water partition coefficient (Wildman–Crippen LogP) is 5.85. The summed E-state index contributed by atoms with van der Waals surface area (Å²) in [7, 11) is 0. The summed E-state index contributed by atoms with van der Waals surface area (Å²) in [5, 5.41) is 0.997. The molecule has 3 heteroatoms. The minimum Gasteiger partial charge on any atom is -0.455 e. The Kier molecular flexibility index (Phi) is 3.65. The van der Waals surface area contributed by atoms with Crippen molar-refractivity contribution in [2.24, 2.45) is 0 Å². The number of rotatable bonds is 2. The molecule has 0 aliphatic rings. The average molecular weight is 328 g/mol. The SMILES string of the molecule is CC(C)(C)c1ccc(-c2cncc3cc(-c4cccnc4)oc23)cc1. The molecule has 0 bridgehead atoms. The molecule has 124 valence electrons. The van der Waals surface area contributed by atoms with Gasteiger partial charge in [-0.2, -0.15) is 0 Å². The molecule has 25 heavy (non-hydrogen) atoms. The fraction of sp³-hybridized carbons (Fsp3) is 0.182. The highest BCUT2D eigenvalue weighted by Gasteiger charge is 2.15. The van der Waals surface area contributed by atoms with Crippen LogP contribution in [0.5, 0.6) is 0 Å². The van der Waals surface area contributed by atoms with E-state index in [1.807, 2.05) is 36.8 Å². The highest BCUT2D eigenvalue weighted by atomic mass is 16.3. The van der Waals surface area contributed by atoms with E-state index in [0.717, 1.165) is 33.4 Å². The first kappa shape index (κ1) is 15.6. The van der Waals surface area contributed by atoms with Crippen molar-refractivity contribution in [2.75, 3.05) is 0 Å². The molecule has 3 nitrogen and oxygen atoms in total. The van der Waals surface area contributed by atoms with E-state index in [-0.39, 0.29) is 5.41 Å². The number of nitrogens with zero attached hydrogens (tertiary/aromatic N) is 2. The van der Waals surface area contributed by atoms with Crippen molar-refractivity contribution < 1.29 is 4.42 Å². The van der Waals surface area contributed by atoms with Crippen LogP contribution in [0.4, 0.5) is 0 Å². The Bertz CT molecular complexity index is 1010. The van der Waals surface area contributed by atoms with E-state index in [1.54, 1.807) is 6.20 Å². The Morgan fingerprint density at radius 1 is 0.840 bits per heavy atom. The fourth-order valence-corrected chi connectivity index (χ4v) is 2.97. The molecule has 4 rings (SSSR count). The zero-order valence-corrected chi connectivity index (χ0v) is 14.7. The Hall–Kier alpha value is -2.94. The van der Waals surface area contributed by atoms with E-state index in [1.165, 1.54) is 5.56 Å². The molecule has 0 radical (unpaired) electrons. The van der Waals surface area contributed by atoms with Gasteiger partial charge in [0.25, 0.3) is 0 Å². The van der Waals surface area contributed by atoms with Crippen LogP contribution in [0.15, 0.2) is 71.7 Å². The van der Waals surface area contributed by atoms with Crippen molar-refractivity contribution in [1.82, 2.24) is 9.97 Å². The molecule has 0 spiro atoms. The van der Waals surface area contributed by atoms with Gasteiger partial charge in [-0.25, -0.2) is 0 Å². The molecule has 0 atom stereocenters. The third-order valence-corrected chi connectivity index (χ3v) is 4.43.